The second kappa shape index (κ2) is 14.9. The van der Waals surface area contributed by atoms with Crippen molar-refractivity contribution in [3.63, 3.8) is 0 Å². The summed E-state index contributed by atoms with van der Waals surface area (Å²) in [7, 11) is 0. The predicted octanol–water partition coefficient (Wildman–Crippen LogP) is 4.78. The number of rotatable bonds is 13. The maximum absolute atomic E-state index is 12.9. The lowest BCUT2D eigenvalue weighted by Gasteiger charge is -2.28. The zero-order chi connectivity index (χ0) is 32.7. The molecule has 0 saturated heterocycles. The van der Waals surface area contributed by atoms with Gasteiger partial charge in [0.2, 0.25) is 0 Å². The number of fused-ring (bicyclic) bond motifs is 1. The molecule has 1 aliphatic rings. The average molecular weight is 620 g/mol. The van der Waals surface area contributed by atoms with Crippen LogP contribution < -0.4 is 5.32 Å². The first kappa shape index (κ1) is 33.3. The third-order valence-electron chi connectivity index (χ3n) is 7.66. The molecule has 12 heteroatoms. The SMILES string of the molecule is CC(C)C(=O)OCC[C@@H]1[C@H](COC(=O)C(C)C)C(COC(=O)C(C)C)=C[C@@H]1n1cnc2c(NC(=O)c3ccccc3)ncnc21. The quantitative estimate of drug-likeness (QED) is 0.161. The van der Waals surface area contributed by atoms with Crippen molar-refractivity contribution in [1.82, 2.24) is 19.5 Å². The Balaban J connectivity index is 1.69. The molecule has 240 valence electrons. The molecule has 1 aliphatic carbocycles. The van der Waals surface area contributed by atoms with Crippen molar-refractivity contribution in [2.45, 2.75) is 54.0 Å². The molecule has 1 N–H and O–H groups in total. The topological polar surface area (TPSA) is 152 Å². The molecule has 0 bridgehead atoms. The van der Waals surface area contributed by atoms with E-state index in [9.17, 15) is 19.2 Å². The third kappa shape index (κ3) is 8.11. The standard InChI is InChI=1S/C33H41N5O7/c1-19(2)31(40)43-13-12-24-25(16-45-33(42)21(5)6)23(15-44-32(41)20(3)4)14-26(24)38-18-36-27-28(34-17-35-29(27)38)37-30(39)22-10-8-7-9-11-22/h7-11,14,17-21,24-26H,12-13,15-16H2,1-6H3,(H,34,35,37,39)/t24-,25-,26+/m1/s1. The van der Waals surface area contributed by atoms with Crippen LogP contribution in [0.4, 0.5) is 5.82 Å². The second-order valence-electron chi connectivity index (χ2n) is 12.0. The van der Waals surface area contributed by atoms with Crippen molar-refractivity contribution in [2.24, 2.45) is 29.6 Å². The molecule has 2 aromatic heterocycles. The molecule has 3 atom stereocenters. The number of ether oxygens (including phenoxy) is 3. The minimum Gasteiger partial charge on any atom is -0.465 e. The van der Waals surface area contributed by atoms with E-state index in [2.05, 4.69) is 20.3 Å². The molecule has 3 aromatic rings. The largest absolute Gasteiger partial charge is 0.465 e. The fourth-order valence-corrected chi connectivity index (χ4v) is 5.08. The van der Waals surface area contributed by atoms with Gasteiger partial charge in [-0.15, -0.1) is 0 Å². The van der Waals surface area contributed by atoms with Gasteiger partial charge in [0.1, 0.15) is 12.9 Å². The van der Waals surface area contributed by atoms with E-state index in [-0.39, 0.29) is 85.1 Å². The number of anilines is 1. The van der Waals surface area contributed by atoms with Gasteiger partial charge in [0.15, 0.2) is 17.0 Å². The van der Waals surface area contributed by atoms with Crippen molar-refractivity contribution in [1.29, 1.82) is 0 Å². The summed E-state index contributed by atoms with van der Waals surface area (Å²) in [6.07, 6.45) is 5.37. The predicted molar refractivity (Wildman–Crippen MR) is 166 cm³/mol. The molecular weight excluding hydrogens is 578 g/mol. The van der Waals surface area contributed by atoms with Gasteiger partial charge in [0.25, 0.3) is 5.91 Å². The van der Waals surface area contributed by atoms with E-state index < -0.39 is 0 Å². The lowest BCUT2D eigenvalue weighted by molar-refractivity contribution is -0.150. The molecule has 1 amide bonds. The molecule has 0 fully saturated rings. The lowest BCUT2D eigenvalue weighted by atomic mass is 9.87. The molecular formula is C33H41N5O7. The van der Waals surface area contributed by atoms with Crippen molar-refractivity contribution >= 4 is 40.8 Å². The zero-order valence-corrected chi connectivity index (χ0v) is 26.6. The summed E-state index contributed by atoms with van der Waals surface area (Å²) in [5, 5.41) is 2.82. The first-order valence-corrected chi connectivity index (χ1v) is 15.2. The van der Waals surface area contributed by atoms with E-state index in [4.69, 9.17) is 14.2 Å². The highest BCUT2D eigenvalue weighted by molar-refractivity contribution is 6.06. The summed E-state index contributed by atoms with van der Waals surface area (Å²) in [5.74, 6) is -2.59. The minimum absolute atomic E-state index is 0.0136. The molecule has 0 saturated carbocycles. The highest BCUT2D eigenvalue weighted by atomic mass is 16.5. The molecule has 0 radical (unpaired) electrons. The Bertz CT molecular complexity index is 1550. The summed E-state index contributed by atoms with van der Waals surface area (Å²) in [6, 6.07) is 8.39. The van der Waals surface area contributed by atoms with Crippen LogP contribution in [0.25, 0.3) is 11.2 Å². The number of nitrogens with one attached hydrogen (secondary N) is 1. The summed E-state index contributed by atoms with van der Waals surface area (Å²) < 4.78 is 18.7. The number of hydrogen-bond acceptors (Lipinski definition) is 10. The Morgan fingerprint density at radius 1 is 0.844 bits per heavy atom. The van der Waals surface area contributed by atoms with Crippen LogP contribution in [0.2, 0.25) is 0 Å². The highest BCUT2D eigenvalue weighted by Gasteiger charge is 2.40. The van der Waals surface area contributed by atoms with Crippen LogP contribution in [0.15, 0.2) is 54.6 Å². The summed E-state index contributed by atoms with van der Waals surface area (Å²) in [5.41, 5.74) is 2.11. The Morgan fingerprint density at radius 3 is 2.16 bits per heavy atom. The van der Waals surface area contributed by atoms with Crippen molar-refractivity contribution in [2.75, 3.05) is 25.1 Å². The van der Waals surface area contributed by atoms with E-state index in [1.165, 1.54) is 6.33 Å². The van der Waals surface area contributed by atoms with Crippen LogP contribution in [-0.2, 0) is 28.6 Å². The number of esters is 3. The monoisotopic (exact) mass is 619 g/mol. The molecule has 1 aromatic carbocycles. The number of imidazole rings is 1. The Labute approximate surface area is 262 Å². The normalized spacial score (nSPS) is 17.9. The maximum atomic E-state index is 12.9. The van der Waals surface area contributed by atoms with Crippen molar-refractivity contribution in [3.8, 4) is 0 Å². The van der Waals surface area contributed by atoms with Gasteiger partial charge in [-0.05, 0) is 30.0 Å². The third-order valence-corrected chi connectivity index (χ3v) is 7.66. The molecule has 0 unspecified atom stereocenters. The molecule has 45 heavy (non-hydrogen) atoms. The fraction of sp³-hybridized carbons (Fsp3) is 0.485. The average Bonchev–Trinajstić information content (AvgIpc) is 3.60. The number of allylic oxidation sites excluding steroid dienone is 1. The van der Waals surface area contributed by atoms with Gasteiger partial charge in [0.05, 0.1) is 43.3 Å². The first-order chi connectivity index (χ1) is 21.5. The van der Waals surface area contributed by atoms with Gasteiger partial charge in [-0.3, -0.25) is 19.2 Å². The molecule has 0 spiro atoms. The Morgan fingerprint density at radius 2 is 1.49 bits per heavy atom. The van der Waals surface area contributed by atoms with Crippen molar-refractivity contribution in [3.05, 3.63) is 60.2 Å². The van der Waals surface area contributed by atoms with Crippen LogP contribution >= 0.6 is 0 Å². The number of hydrogen-bond donors (Lipinski definition) is 1. The van der Waals surface area contributed by atoms with Crippen LogP contribution in [0.1, 0.15) is 64.4 Å². The number of carbonyl (C=O) groups is 4. The number of nitrogens with zero attached hydrogens (tertiary/aromatic N) is 4. The summed E-state index contributed by atoms with van der Waals surface area (Å²) in [6.45, 7) is 10.8. The number of carbonyl (C=O) groups excluding carboxylic acids is 4. The maximum Gasteiger partial charge on any atom is 0.308 e. The van der Waals surface area contributed by atoms with Crippen LogP contribution in [0, 0.1) is 29.6 Å². The number of benzene rings is 1. The van der Waals surface area contributed by atoms with E-state index in [1.807, 2.05) is 16.7 Å². The summed E-state index contributed by atoms with van der Waals surface area (Å²) >= 11 is 0. The van der Waals surface area contributed by atoms with Gasteiger partial charge < -0.3 is 24.1 Å². The molecule has 4 rings (SSSR count). The zero-order valence-electron chi connectivity index (χ0n) is 26.6. The summed E-state index contributed by atoms with van der Waals surface area (Å²) in [4.78, 5) is 63.4. The van der Waals surface area contributed by atoms with Gasteiger partial charge in [0, 0.05) is 11.5 Å². The number of amides is 1. The van der Waals surface area contributed by atoms with Gasteiger partial charge in [-0.25, -0.2) is 15.0 Å². The van der Waals surface area contributed by atoms with Gasteiger partial charge in [-0.2, -0.15) is 0 Å². The second-order valence-corrected chi connectivity index (χ2v) is 12.0. The number of aromatic nitrogens is 4. The van der Waals surface area contributed by atoms with E-state index in [0.717, 1.165) is 5.57 Å². The van der Waals surface area contributed by atoms with E-state index >= 15 is 0 Å². The van der Waals surface area contributed by atoms with Gasteiger partial charge >= 0.3 is 17.9 Å². The van der Waals surface area contributed by atoms with Crippen LogP contribution in [0.5, 0.6) is 0 Å². The minimum atomic E-state index is -0.379. The van der Waals surface area contributed by atoms with Crippen LogP contribution in [0.3, 0.4) is 0 Å². The first-order valence-electron chi connectivity index (χ1n) is 15.2. The molecule has 2 heterocycles. The fourth-order valence-electron chi connectivity index (χ4n) is 5.08. The van der Waals surface area contributed by atoms with Gasteiger partial charge in [-0.1, -0.05) is 65.8 Å². The Kier molecular flexibility index (Phi) is 11.0. The van der Waals surface area contributed by atoms with Crippen molar-refractivity contribution < 1.29 is 33.4 Å². The van der Waals surface area contributed by atoms with Crippen LogP contribution in [-0.4, -0.2) is 63.2 Å². The molecule has 12 nitrogen and oxygen atoms in total. The van der Waals surface area contributed by atoms with E-state index in [1.54, 1.807) is 72.1 Å². The Hall–Kier alpha value is -4.61. The lowest BCUT2D eigenvalue weighted by Crippen LogP contribution is -2.29. The molecule has 0 aliphatic heterocycles. The smallest absolute Gasteiger partial charge is 0.308 e. The van der Waals surface area contributed by atoms with E-state index in [0.29, 0.717) is 23.1 Å². The highest BCUT2D eigenvalue weighted by Crippen LogP contribution is 2.43.